The highest BCUT2D eigenvalue weighted by molar-refractivity contribution is 5.73. The smallest absolute Gasteiger partial charge is 0.300 e. The van der Waals surface area contributed by atoms with E-state index in [1.807, 2.05) is 0 Å². The average molecular weight is 376 g/mol. The SMILES string of the molecule is CCCCCCN(CCCCCC)C(=NCC)[N+](CC)(CC)CC.[Cl-]. The quantitative estimate of drug-likeness (QED) is 0.197. The minimum absolute atomic E-state index is 0. The molecule has 0 aromatic rings. The Bertz CT molecular complexity index is 294. The molecular weight excluding hydrogens is 330 g/mol. The van der Waals surface area contributed by atoms with Crippen molar-refractivity contribution >= 4 is 5.96 Å². The summed E-state index contributed by atoms with van der Waals surface area (Å²) in [6.07, 6.45) is 10.7. The molecule has 0 atom stereocenters. The zero-order valence-electron chi connectivity index (χ0n) is 18.1. The Kier molecular flexibility index (Phi) is 18.5. The Labute approximate surface area is 165 Å². The van der Waals surface area contributed by atoms with Crippen LogP contribution in [0, 0.1) is 0 Å². The predicted molar refractivity (Wildman–Crippen MR) is 110 cm³/mol. The highest BCUT2D eigenvalue weighted by Crippen LogP contribution is 2.15. The lowest BCUT2D eigenvalue weighted by atomic mass is 10.1. The van der Waals surface area contributed by atoms with E-state index in [9.17, 15) is 0 Å². The monoisotopic (exact) mass is 375 g/mol. The molecule has 0 fully saturated rings. The maximum Gasteiger partial charge on any atom is 0.300 e. The molecule has 0 radical (unpaired) electrons. The molecule has 0 aliphatic heterocycles. The zero-order valence-corrected chi connectivity index (χ0v) is 18.9. The average Bonchev–Trinajstić information content (AvgIpc) is 2.61. The highest BCUT2D eigenvalue weighted by Gasteiger charge is 2.33. The van der Waals surface area contributed by atoms with E-state index in [1.54, 1.807) is 0 Å². The van der Waals surface area contributed by atoms with E-state index in [0.29, 0.717) is 0 Å². The highest BCUT2D eigenvalue weighted by atomic mass is 35.5. The van der Waals surface area contributed by atoms with Gasteiger partial charge in [-0.1, -0.05) is 52.4 Å². The Balaban J connectivity index is 0. The van der Waals surface area contributed by atoms with E-state index in [-0.39, 0.29) is 12.4 Å². The number of hydrogen-bond donors (Lipinski definition) is 0. The van der Waals surface area contributed by atoms with Crippen LogP contribution in [0.3, 0.4) is 0 Å². The van der Waals surface area contributed by atoms with Crippen molar-refractivity contribution in [3.63, 3.8) is 0 Å². The van der Waals surface area contributed by atoms with Crippen molar-refractivity contribution in [2.45, 2.75) is 92.9 Å². The minimum atomic E-state index is 0. The molecule has 0 spiro atoms. The lowest BCUT2D eigenvalue weighted by molar-refractivity contribution is -0.841. The molecule has 0 rings (SSSR count). The second-order valence-corrected chi connectivity index (χ2v) is 6.98. The number of unbranched alkanes of at least 4 members (excludes halogenated alkanes) is 6. The first-order valence-electron chi connectivity index (χ1n) is 10.8. The molecule has 0 aromatic heterocycles. The summed E-state index contributed by atoms with van der Waals surface area (Å²) in [6.45, 7) is 20.4. The molecule has 25 heavy (non-hydrogen) atoms. The van der Waals surface area contributed by atoms with Crippen LogP contribution in [0.15, 0.2) is 4.99 Å². The van der Waals surface area contributed by atoms with Crippen LogP contribution in [0.25, 0.3) is 0 Å². The third-order valence-electron chi connectivity index (χ3n) is 5.39. The molecular formula is C21H46ClN3. The van der Waals surface area contributed by atoms with Crippen LogP contribution in [0.2, 0.25) is 0 Å². The van der Waals surface area contributed by atoms with Crippen molar-refractivity contribution in [2.75, 3.05) is 39.3 Å². The fraction of sp³-hybridized carbons (Fsp3) is 0.952. The number of quaternary nitrogens is 1. The summed E-state index contributed by atoms with van der Waals surface area (Å²) in [7, 11) is 0. The van der Waals surface area contributed by atoms with Crippen LogP contribution in [0.5, 0.6) is 0 Å². The number of hydrogen-bond acceptors (Lipinski definition) is 1. The summed E-state index contributed by atoms with van der Waals surface area (Å²) in [4.78, 5) is 7.67. The molecule has 0 N–H and O–H groups in total. The van der Waals surface area contributed by atoms with Crippen molar-refractivity contribution in [3.05, 3.63) is 0 Å². The van der Waals surface area contributed by atoms with Crippen LogP contribution in [-0.4, -0.2) is 54.6 Å². The van der Waals surface area contributed by atoms with Crippen molar-refractivity contribution in [2.24, 2.45) is 4.99 Å². The van der Waals surface area contributed by atoms with Gasteiger partial charge in [-0.2, -0.15) is 0 Å². The first-order chi connectivity index (χ1) is 11.7. The lowest BCUT2D eigenvalue weighted by Gasteiger charge is -2.40. The molecule has 0 aliphatic rings. The van der Waals surface area contributed by atoms with E-state index in [0.717, 1.165) is 30.7 Å². The molecule has 0 aliphatic carbocycles. The molecule has 0 amide bonds. The Morgan fingerprint density at radius 1 is 0.680 bits per heavy atom. The van der Waals surface area contributed by atoms with E-state index in [4.69, 9.17) is 4.99 Å². The summed E-state index contributed by atoms with van der Waals surface area (Å²) < 4.78 is 1.04. The second-order valence-electron chi connectivity index (χ2n) is 6.98. The summed E-state index contributed by atoms with van der Waals surface area (Å²) in [5, 5.41) is 0. The van der Waals surface area contributed by atoms with Gasteiger partial charge < -0.3 is 17.3 Å². The normalized spacial score (nSPS) is 12.2. The number of guanidine groups is 1. The molecule has 3 nitrogen and oxygen atoms in total. The van der Waals surface area contributed by atoms with Gasteiger partial charge in [-0.25, -0.2) is 4.99 Å². The summed E-state index contributed by atoms with van der Waals surface area (Å²) in [5.41, 5.74) is 0. The van der Waals surface area contributed by atoms with Gasteiger partial charge in [0.25, 0.3) is 5.96 Å². The number of aliphatic imine (C=N–C) groups is 1. The first-order valence-corrected chi connectivity index (χ1v) is 10.8. The second kappa shape index (κ2) is 17.1. The van der Waals surface area contributed by atoms with Crippen molar-refractivity contribution in [3.8, 4) is 0 Å². The van der Waals surface area contributed by atoms with Crippen molar-refractivity contribution in [1.82, 2.24) is 4.90 Å². The number of rotatable bonds is 14. The Hall–Kier alpha value is -0.280. The van der Waals surface area contributed by atoms with Gasteiger partial charge in [0.2, 0.25) is 0 Å². The molecule has 152 valence electrons. The van der Waals surface area contributed by atoms with Gasteiger partial charge >= 0.3 is 0 Å². The van der Waals surface area contributed by atoms with E-state index in [2.05, 4.69) is 46.4 Å². The Morgan fingerprint density at radius 2 is 1.12 bits per heavy atom. The van der Waals surface area contributed by atoms with Gasteiger partial charge in [-0.05, 0) is 40.5 Å². The van der Waals surface area contributed by atoms with Gasteiger partial charge in [0, 0.05) is 19.6 Å². The maximum atomic E-state index is 5.02. The zero-order chi connectivity index (χ0) is 18.3. The van der Waals surface area contributed by atoms with Crippen LogP contribution in [-0.2, 0) is 0 Å². The van der Waals surface area contributed by atoms with Crippen molar-refractivity contribution < 1.29 is 16.9 Å². The Morgan fingerprint density at radius 3 is 1.44 bits per heavy atom. The van der Waals surface area contributed by atoms with E-state index < -0.39 is 0 Å². The van der Waals surface area contributed by atoms with Crippen LogP contribution < -0.4 is 12.4 Å². The molecule has 0 saturated carbocycles. The maximum absolute atomic E-state index is 5.02. The lowest BCUT2D eigenvalue weighted by Crippen LogP contribution is -3.00. The predicted octanol–water partition coefficient (Wildman–Crippen LogP) is 2.71. The topological polar surface area (TPSA) is 15.6 Å². The van der Waals surface area contributed by atoms with Crippen LogP contribution >= 0.6 is 0 Å². The van der Waals surface area contributed by atoms with Crippen LogP contribution in [0.1, 0.15) is 92.9 Å². The summed E-state index contributed by atoms with van der Waals surface area (Å²) in [5.74, 6) is 1.36. The van der Waals surface area contributed by atoms with Gasteiger partial charge in [-0.3, -0.25) is 4.48 Å². The third kappa shape index (κ3) is 9.84. The third-order valence-corrected chi connectivity index (χ3v) is 5.39. The summed E-state index contributed by atoms with van der Waals surface area (Å²) in [6, 6.07) is 0. The standard InChI is InChI=1S/C21H46N3.ClH/c1-7-13-15-17-19-23(20-18-16-14-8-2)21(22-9-3)24(10-4,11-5)12-6;/h7-20H2,1-6H3;1H/q+1;/p-1. The molecule has 0 bridgehead atoms. The minimum Gasteiger partial charge on any atom is -1.00 e. The van der Waals surface area contributed by atoms with E-state index >= 15 is 0 Å². The first kappa shape index (κ1) is 26.9. The van der Waals surface area contributed by atoms with Gasteiger partial charge in [0.05, 0.1) is 19.6 Å². The molecule has 0 saturated heterocycles. The number of halogens is 1. The molecule has 0 heterocycles. The summed E-state index contributed by atoms with van der Waals surface area (Å²) >= 11 is 0. The van der Waals surface area contributed by atoms with Gasteiger partial charge in [0.15, 0.2) is 0 Å². The largest absolute Gasteiger partial charge is 1.00 e. The fourth-order valence-electron chi connectivity index (χ4n) is 3.56. The number of nitrogens with zero attached hydrogens (tertiary/aromatic N) is 3. The van der Waals surface area contributed by atoms with Gasteiger partial charge in [0.1, 0.15) is 0 Å². The fourth-order valence-corrected chi connectivity index (χ4v) is 3.56. The molecule has 0 aromatic carbocycles. The van der Waals surface area contributed by atoms with Gasteiger partial charge in [-0.15, -0.1) is 0 Å². The van der Waals surface area contributed by atoms with Crippen LogP contribution in [0.4, 0.5) is 0 Å². The van der Waals surface area contributed by atoms with Crippen molar-refractivity contribution in [1.29, 1.82) is 0 Å². The molecule has 0 unspecified atom stereocenters. The van der Waals surface area contributed by atoms with E-state index in [1.165, 1.54) is 70.4 Å². The molecule has 4 heteroatoms.